The van der Waals surface area contributed by atoms with E-state index < -0.39 is 0 Å². The summed E-state index contributed by atoms with van der Waals surface area (Å²) in [6, 6.07) is 25.1. The average Bonchev–Trinajstić information content (AvgIpc) is 3.44. The third-order valence-electron chi connectivity index (χ3n) is 5.56. The quantitative estimate of drug-likeness (QED) is 0.366. The molecule has 5 rings (SSSR count). The number of nitrogens with one attached hydrogen (secondary N) is 1. The van der Waals surface area contributed by atoms with Crippen LogP contribution in [-0.2, 0) is 13.1 Å². The smallest absolute Gasteiger partial charge is 0.350 e. The second-order valence-corrected chi connectivity index (χ2v) is 7.98. The van der Waals surface area contributed by atoms with Crippen LogP contribution in [0.2, 0.25) is 0 Å². The van der Waals surface area contributed by atoms with Crippen molar-refractivity contribution in [3.05, 3.63) is 113 Å². The normalized spacial score (nSPS) is 11.1. The molecule has 0 unspecified atom stereocenters. The van der Waals surface area contributed by atoms with Gasteiger partial charge in [-0.3, -0.25) is 13.9 Å². The molecule has 3 aromatic heterocycles. The van der Waals surface area contributed by atoms with Crippen LogP contribution in [0.25, 0.3) is 16.9 Å². The summed E-state index contributed by atoms with van der Waals surface area (Å²) in [7, 11) is 0. The van der Waals surface area contributed by atoms with Gasteiger partial charge < -0.3 is 5.32 Å². The van der Waals surface area contributed by atoms with Gasteiger partial charge in [-0.25, -0.2) is 9.48 Å². The van der Waals surface area contributed by atoms with Crippen molar-refractivity contribution < 1.29 is 4.79 Å². The number of nitrogens with zero attached hydrogens (tertiary/aromatic N) is 5. The minimum absolute atomic E-state index is 0.185. The first kappa shape index (κ1) is 21.4. The van der Waals surface area contributed by atoms with Crippen molar-refractivity contribution in [2.45, 2.75) is 19.5 Å². The second kappa shape index (κ2) is 9.58. The minimum Gasteiger partial charge on any atom is -0.352 e. The second-order valence-electron chi connectivity index (χ2n) is 7.98. The molecule has 8 heteroatoms. The van der Waals surface area contributed by atoms with E-state index in [-0.39, 0.29) is 11.6 Å². The SMILES string of the molecule is O=C(NCCCn1nc2ccccn2c1=O)c1cn(Cc2ccccc2)nc1-c1ccccc1. The number of amides is 1. The predicted octanol–water partition coefficient (Wildman–Crippen LogP) is 3.23. The molecule has 1 N–H and O–H groups in total. The zero-order valence-corrected chi connectivity index (χ0v) is 18.5. The van der Waals surface area contributed by atoms with E-state index in [9.17, 15) is 9.59 Å². The number of rotatable bonds is 8. The van der Waals surface area contributed by atoms with E-state index in [2.05, 4.69) is 10.4 Å². The fourth-order valence-corrected chi connectivity index (χ4v) is 3.89. The lowest BCUT2D eigenvalue weighted by molar-refractivity contribution is 0.0953. The van der Waals surface area contributed by atoms with Crippen LogP contribution in [0.1, 0.15) is 22.3 Å². The highest BCUT2D eigenvalue weighted by atomic mass is 16.2. The fourth-order valence-electron chi connectivity index (χ4n) is 3.89. The number of hydrogen-bond donors (Lipinski definition) is 1. The van der Waals surface area contributed by atoms with E-state index in [0.717, 1.165) is 11.1 Å². The topological polar surface area (TPSA) is 86.2 Å². The summed E-state index contributed by atoms with van der Waals surface area (Å²) >= 11 is 0. The molecule has 0 saturated heterocycles. The molecule has 8 nitrogen and oxygen atoms in total. The van der Waals surface area contributed by atoms with Gasteiger partial charge in [-0.2, -0.15) is 5.10 Å². The lowest BCUT2D eigenvalue weighted by Gasteiger charge is -2.05. The Bertz CT molecular complexity index is 1470. The molecule has 0 bridgehead atoms. The van der Waals surface area contributed by atoms with Gasteiger partial charge in [0.2, 0.25) is 0 Å². The van der Waals surface area contributed by atoms with Crippen molar-refractivity contribution >= 4 is 11.6 Å². The molecule has 0 aliphatic rings. The summed E-state index contributed by atoms with van der Waals surface area (Å²) < 4.78 is 4.73. The van der Waals surface area contributed by atoms with Gasteiger partial charge in [-0.15, -0.1) is 5.10 Å². The van der Waals surface area contributed by atoms with Crippen LogP contribution in [0.15, 0.2) is 96.1 Å². The Labute approximate surface area is 196 Å². The van der Waals surface area contributed by atoms with Crippen molar-refractivity contribution in [2.75, 3.05) is 6.54 Å². The number of pyridine rings is 1. The van der Waals surface area contributed by atoms with Crippen LogP contribution in [0, 0.1) is 0 Å². The first-order valence-corrected chi connectivity index (χ1v) is 11.2. The fraction of sp³-hybridized carbons (Fsp3) is 0.154. The number of aryl methyl sites for hydroxylation is 1. The van der Waals surface area contributed by atoms with E-state index in [4.69, 9.17) is 5.10 Å². The number of carbonyl (C=O) groups is 1. The summed E-state index contributed by atoms with van der Waals surface area (Å²) in [5.74, 6) is -0.194. The standard InChI is InChI=1S/C26H24N6O2/c33-25(27-15-9-17-32-26(34)31-16-8-7-14-23(31)28-32)22-19-30(18-20-10-3-1-4-11-20)29-24(22)21-12-5-2-6-13-21/h1-8,10-14,16,19H,9,15,17-18H2,(H,27,33). The molecule has 5 aromatic rings. The highest BCUT2D eigenvalue weighted by Crippen LogP contribution is 2.22. The average molecular weight is 453 g/mol. The molecule has 170 valence electrons. The Morgan fingerprint density at radius 1 is 0.882 bits per heavy atom. The maximum Gasteiger partial charge on any atom is 0.350 e. The van der Waals surface area contributed by atoms with Crippen molar-refractivity contribution in [3.63, 3.8) is 0 Å². The monoisotopic (exact) mass is 452 g/mol. The molecule has 34 heavy (non-hydrogen) atoms. The Morgan fingerprint density at radius 3 is 2.38 bits per heavy atom. The van der Waals surface area contributed by atoms with Gasteiger partial charge in [-0.05, 0) is 24.1 Å². The van der Waals surface area contributed by atoms with Gasteiger partial charge in [0.1, 0.15) is 5.69 Å². The number of benzene rings is 2. The first-order chi connectivity index (χ1) is 16.7. The van der Waals surface area contributed by atoms with Gasteiger partial charge in [0.05, 0.1) is 12.1 Å². The minimum atomic E-state index is -0.194. The number of carbonyl (C=O) groups excluding carboxylic acids is 1. The zero-order valence-electron chi connectivity index (χ0n) is 18.5. The third-order valence-corrected chi connectivity index (χ3v) is 5.56. The summed E-state index contributed by atoms with van der Waals surface area (Å²) in [6.45, 7) is 1.40. The van der Waals surface area contributed by atoms with Gasteiger partial charge in [0.25, 0.3) is 5.91 Å². The van der Waals surface area contributed by atoms with E-state index in [1.807, 2.05) is 66.7 Å². The molecule has 0 saturated carbocycles. The van der Waals surface area contributed by atoms with Crippen molar-refractivity contribution in [1.29, 1.82) is 0 Å². The molecule has 0 aliphatic carbocycles. The molecule has 0 fully saturated rings. The predicted molar refractivity (Wildman–Crippen MR) is 130 cm³/mol. The van der Waals surface area contributed by atoms with E-state index in [0.29, 0.717) is 43.0 Å². The summed E-state index contributed by atoms with van der Waals surface area (Å²) in [6.07, 6.45) is 4.06. The summed E-state index contributed by atoms with van der Waals surface area (Å²) in [4.78, 5) is 25.5. The lowest BCUT2D eigenvalue weighted by atomic mass is 10.1. The van der Waals surface area contributed by atoms with Crippen molar-refractivity contribution in [3.8, 4) is 11.3 Å². The number of fused-ring (bicyclic) bond motifs is 1. The Morgan fingerprint density at radius 2 is 1.62 bits per heavy atom. The number of hydrogen-bond acceptors (Lipinski definition) is 4. The zero-order chi connectivity index (χ0) is 23.3. The Balaban J connectivity index is 1.29. The van der Waals surface area contributed by atoms with Gasteiger partial charge in [-0.1, -0.05) is 66.7 Å². The Kier molecular flexibility index (Phi) is 6.03. The van der Waals surface area contributed by atoms with Crippen LogP contribution < -0.4 is 11.0 Å². The maximum absolute atomic E-state index is 13.1. The molecular formula is C26H24N6O2. The highest BCUT2D eigenvalue weighted by molar-refractivity contribution is 5.99. The lowest BCUT2D eigenvalue weighted by Crippen LogP contribution is -2.27. The van der Waals surface area contributed by atoms with E-state index >= 15 is 0 Å². The maximum atomic E-state index is 13.1. The molecule has 0 aliphatic heterocycles. The summed E-state index contributed by atoms with van der Waals surface area (Å²) in [5.41, 5.74) is 3.58. The summed E-state index contributed by atoms with van der Waals surface area (Å²) in [5, 5.41) is 12.0. The van der Waals surface area contributed by atoms with Crippen LogP contribution in [0.5, 0.6) is 0 Å². The molecular weight excluding hydrogens is 428 g/mol. The van der Waals surface area contributed by atoms with Crippen LogP contribution in [0.3, 0.4) is 0 Å². The van der Waals surface area contributed by atoms with Crippen LogP contribution in [-0.4, -0.2) is 36.4 Å². The van der Waals surface area contributed by atoms with E-state index in [1.165, 1.54) is 9.08 Å². The Hall–Kier alpha value is -4.46. The van der Waals surface area contributed by atoms with Gasteiger partial charge in [0, 0.05) is 31.0 Å². The van der Waals surface area contributed by atoms with Gasteiger partial charge >= 0.3 is 5.69 Å². The third kappa shape index (κ3) is 4.52. The van der Waals surface area contributed by atoms with Crippen LogP contribution >= 0.6 is 0 Å². The molecule has 3 heterocycles. The van der Waals surface area contributed by atoms with Crippen molar-refractivity contribution in [2.24, 2.45) is 0 Å². The molecule has 0 spiro atoms. The molecule has 0 atom stereocenters. The first-order valence-electron chi connectivity index (χ1n) is 11.2. The largest absolute Gasteiger partial charge is 0.352 e. The van der Waals surface area contributed by atoms with Gasteiger partial charge in [0.15, 0.2) is 5.65 Å². The molecule has 0 radical (unpaired) electrons. The highest BCUT2D eigenvalue weighted by Gasteiger charge is 2.18. The molecule has 1 amide bonds. The van der Waals surface area contributed by atoms with E-state index in [1.54, 1.807) is 29.2 Å². The number of aromatic nitrogens is 5. The molecule has 2 aromatic carbocycles. The van der Waals surface area contributed by atoms with Crippen LogP contribution in [0.4, 0.5) is 0 Å². The van der Waals surface area contributed by atoms with Crippen molar-refractivity contribution in [1.82, 2.24) is 29.3 Å².